The number of halogens is 1. The van der Waals surface area contributed by atoms with Crippen molar-refractivity contribution in [2.24, 2.45) is 0 Å². The SMILES string of the molecule is CN(C)C(=O)c1ccc(NC(=O)CN2CCC[C@H]2C(=O)O)cc1.Cl. The van der Waals surface area contributed by atoms with Crippen LogP contribution in [0.5, 0.6) is 0 Å². The molecule has 0 radical (unpaired) electrons. The van der Waals surface area contributed by atoms with E-state index in [0.29, 0.717) is 24.2 Å². The Kier molecular flexibility index (Phi) is 7.18. The van der Waals surface area contributed by atoms with Crippen molar-refractivity contribution in [1.82, 2.24) is 9.80 Å². The summed E-state index contributed by atoms with van der Waals surface area (Å²) in [5, 5.41) is 11.8. The number of rotatable bonds is 5. The van der Waals surface area contributed by atoms with Gasteiger partial charge in [-0.3, -0.25) is 19.3 Å². The number of benzene rings is 1. The molecule has 0 bridgehead atoms. The van der Waals surface area contributed by atoms with Gasteiger partial charge in [0, 0.05) is 25.3 Å². The van der Waals surface area contributed by atoms with Crippen molar-refractivity contribution in [2.45, 2.75) is 18.9 Å². The lowest BCUT2D eigenvalue weighted by atomic mass is 10.2. The maximum atomic E-state index is 12.0. The van der Waals surface area contributed by atoms with E-state index in [0.717, 1.165) is 6.42 Å². The lowest BCUT2D eigenvalue weighted by Gasteiger charge is -2.20. The van der Waals surface area contributed by atoms with Gasteiger partial charge in [-0.25, -0.2) is 0 Å². The molecule has 0 spiro atoms. The molecule has 1 heterocycles. The van der Waals surface area contributed by atoms with Crippen LogP contribution in [-0.2, 0) is 9.59 Å². The van der Waals surface area contributed by atoms with Gasteiger partial charge in [0.2, 0.25) is 5.91 Å². The van der Waals surface area contributed by atoms with E-state index in [1.807, 2.05) is 0 Å². The minimum atomic E-state index is -0.887. The maximum Gasteiger partial charge on any atom is 0.320 e. The van der Waals surface area contributed by atoms with Gasteiger partial charge >= 0.3 is 5.97 Å². The minimum absolute atomic E-state index is 0. The second-order valence-corrected chi connectivity index (χ2v) is 5.79. The van der Waals surface area contributed by atoms with E-state index in [1.165, 1.54) is 4.90 Å². The van der Waals surface area contributed by atoms with Crippen molar-refractivity contribution in [3.05, 3.63) is 29.8 Å². The average Bonchev–Trinajstić information content (AvgIpc) is 2.95. The van der Waals surface area contributed by atoms with Gasteiger partial charge in [-0.05, 0) is 43.7 Å². The highest BCUT2D eigenvalue weighted by molar-refractivity contribution is 5.96. The molecule has 7 nitrogen and oxygen atoms in total. The number of nitrogens with zero attached hydrogens (tertiary/aromatic N) is 2. The Hall–Kier alpha value is -2.12. The molecule has 1 saturated heterocycles. The Labute approximate surface area is 147 Å². The Balaban J connectivity index is 0.00000288. The Morgan fingerprint density at radius 1 is 1.25 bits per heavy atom. The Morgan fingerprint density at radius 2 is 1.88 bits per heavy atom. The van der Waals surface area contributed by atoms with Crippen LogP contribution in [0.25, 0.3) is 0 Å². The van der Waals surface area contributed by atoms with Gasteiger partial charge in [0.05, 0.1) is 6.54 Å². The van der Waals surface area contributed by atoms with Crippen molar-refractivity contribution in [3.63, 3.8) is 0 Å². The van der Waals surface area contributed by atoms with Crippen LogP contribution in [0, 0.1) is 0 Å². The van der Waals surface area contributed by atoms with Gasteiger partial charge in [-0.15, -0.1) is 12.4 Å². The van der Waals surface area contributed by atoms with Crippen molar-refractivity contribution in [3.8, 4) is 0 Å². The zero-order chi connectivity index (χ0) is 17.0. The summed E-state index contributed by atoms with van der Waals surface area (Å²) < 4.78 is 0. The molecule has 0 unspecified atom stereocenters. The van der Waals surface area contributed by atoms with Crippen LogP contribution in [0.15, 0.2) is 24.3 Å². The summed E-state index contributed by atoms with van der Waals surface area (Å²) in [4.78, 5) is 38.1. The van der Waals surface area contributed by atoms with Crippen LogP contribution >= 0.6 is 12.4 Å². The van der Waals surface area contributed by atoms with Gasteiger partial charge in [0.15, 0.2) is 0 Å². The first-order chi connectivity index (χ1) is 10.9. The van der Waals surface area contributed by atoms with E-state index < -0.39 is 12.0 Å². The highest BCUT2D eigenvalue weighted by Gasteiger charge is 2.31. The largest absolute Gasteiger partial charge is 0.480 e. The van der Waals surface area contributed by atoms with Gasteiger partial charge in [0.25, 0.3) is 5.91 Å². The first kappa shape index (κ1) is 19.9. The van der Waals surface area contributed by atoms with Crippen LogP contribution in [0.4, 0.5) is 5.69 Å². The van der Waals surface area contributed by atoms with E-state index in [1.54, 1.807) is 43.3 Å². The summed E-state index contributed by atoms with van der Waals surface area (Å²) in [5.74, 6) is -1.25. The second-order valence-electron chi connectivity index (χ2n) is 5.79. The number of likely N-dealkylation sites (tertiary alicyclic amines) is 1. The van der Waals surface area contributed by atoms with Gasteiger partial charge in [-0.1, -0.05) is 0 Å². The number of carboxylic acid groups (broad SMARTS) is 1. The number of anilines is 1. The molecule has 1 aromatic rings. The number of hydrogen-bond acceptors (Lipinski definition) is 4. The number of carbonyl (C=O) groups is 3. The number of hydrogen-bond donors (Lipinski definition) is 2. The fourth-order valence-corrected chi connectivity index (χ4v) is 2.63. The molecule has 1 aromatic carbocycles. The summed E-state index contributed by atoms with van der Waals surface area (Å²) in [7, 11) is 3.35. The lowest BCUT2D eigenvalue weighted by molar-refractivity contribution is -0.142. The van der Waals surface area contributed by atoms with Gasteiger partial charge < -0.3 is 15.3 Å². The first-order valence-corrected chi connectivity index (χ1v) is 7.47. The lowest BCUT2D eigenvalue weighted by Crippen LogP contribution is -2.40. The molecule has 1 aliphatic rings. The summed E-state index contributed by atoms with van der Waals surface area (Å²) in [6, 6.07) is 6.03. The molecule has 0 aliphatic carbocycles. The Morgan fingerprint density at radius 3 is 2.42 bits per heavy atom. The van der Waals surface area contributed by atoms with Crippen molar-refractivity contribution in [1.29, 1.82) is 0 Å². The number of nitrogens with one attached hydrogen (secondary N) is 1. The number of carboxylic acids is 1. The van der Waals surface area contributed by atoms with Crippen molar-refractivity contribution < 1.29 is 19.5 Å². The molecule has 132 valence electrons. The predicted octanol–water partition coefficient (Wildman–Crippen LogP) is 1.30. The Bertz CT molecular complexity index is 604. The zero-order valence-electron chi connectivity index (χ0n) is 13.7. The average molecular weight is 356 g/mol. The van der Waals surface area contributed by atoms with Crippen LogP contribution < -0.4 is 5.32 Å². The van der Waals surface area contributed by atoms with Crippen LogP contribution in [0.2, 0.25) is 0 Å². The topological polar surface area (TPSA) is 90.0 Å². The summed E-state index contributed by atoms with van der Waals surface area (Å²) in [6.45, 7) is 0.663. The zero-order valence-corrected chi connectivity index (χ0v) is 14.5. The molecule has 1 atom stereocenters. The molecule has 1 fully saturated rings. The fourth-order valence-electron chi connectivity index (χ4n) is 2.63. The molecular formula is C16H22ClN3O4. The van der Waals surface area contributed by atoms with E-state index in [-0.39, 0.29) is 30.8 Å². The third-order valence-electron chi connectivity index (χ3n) is 3.82. The smallest absolute Gasteiger partial charge is 0.320 e. The predicted molar refractivity (Wildman–Crippen MR) is 92.6 cm³/mol. The molecule has 2 N–H and O–H groups in total. The minimum Gasteiger partial charge on any atom is -0.480 e. The number of carbonyl (C=O) groups excluding carboxylic acids is 2. The van der Waals surface area contributed by atoms with Crippen LogP contribution in [0.3, 0.4) is 0 Å². The molecule has 2 rings (SSSR count). The van der Waals surface area contributed by atoms with Gasteiger partial charge in [-0.2, -0.15) is 0 Å². The van der Waals surface area contributed by atoms with Crippen LogP contribution in [-0.4, -0.2) is 65.9 Å². The summed E-state index contributed by atoms with van der Waals surface area (Å²) in [6.07, 6.45) is 1.36. The molecule has 8 heteroatoms. The van der Waals surface area contributed by atoms with E-state index in [4.69, 9.17) is 5.11 Å². The molecule has 1 aliphatic heterocycles. The second kappa shape index (κ2) is 8.65. The van der Waals surface area contributed by atoms with Crippen LogP contribution in [0.1, 0.15) is 23.2 Å². The van der Waals surface area contributed by atoms with E-state index in [9.17, 15) is 14.4 Å². The monoisotopic (exact) mass is 355 g/mol. The first-order valence-electron chi connectivity index (χ1n) is 7.47. The summed E-state index contributed by atoms with van der Waals surface area (Å²) in [5.41, 5.74) is 1.12. The molecule has 0 aromatic heterocycles. The molecule has 2 amide bonds. The van der Waals surface area contributed by atoms with Crippen molar-refractivity contribution in [2.75, 3.05) is 32.5 Å². The van der Waals surface area contributed by atoms with E-state index in [2.05, 4.69) is 5.32 Å². The number of aliphatic carboxylic acids is 1. The van der Waals surface area contributed by atoms with E-state index >= 15 is 0 Å². The quantitative estimate of drug-likeness (QED) is 0.830. The molecule has 0 saturated carbocycles. The van der Waals surface area contributed by atoms with Gasteiger partial charge in [0.1, 0.15) is 6.04 Å². The maximum absolute atomic E-state index is 12.0. The normalized spacial score (nSPS) is 17.0. The fraction of sp³-hybridized carbons (Fsp3) is 0.438. The third-order valence-corrected chi connectivity index (χ3v) is 3.82. The van der Waals surface area contributed by atoms with Crippen molar-refractivity contribution >= 4 is 35.9 Å². The standard InChI is InChI=1S/C16H21N3O4.ClH/c1-18(2)15(21)11-5-7-12(8-6-11)17-14(20)10-19-9-3-4-13(19)16(22)23;/h5-8,13H,3-4,9-10H2,1-2H3,(H,17,20)(H,22,23);1H/t13-;/m0./s1. The third kappa shape index (κ3) is 4.94. The summed E-state index contributed by atoms with van der Waals surface area (Å²) >= 11 is 0. The highest BCUT2D eigenvalue weighted by atomic mass is 35.5. The highest BCUT2D eigenvalue weighted by Crippen LogP contribution is 2.17. The molecule has 24 heavy (non-hydrogen) atoms. The molecular weight excluding hydrogens is 334 g/mol. The number of amides is 2.